The number of nitrogens with zero attached hydrogens (tertiary/aromatic N) is 7. The lowest BCUT2D eigenvalue weighted by Crippen LogP contribution is -2.48. The molecule has 4 aliphatic rings. The summed E-state index contributed by atoms with van der Waals surface area (Å²) in [4.78, 5) is 46.6. The van der Waals surface area contributed by atoms with E-state index in [2.05, 4.69) is 11.5 Å². The van der Waals surface area contributed by atoms with Gasteiger partial charge >= 0.3 is 12.0 Å². The van der Waals surface area contributed by atoms with Crippen LogP contribution in [0.15, 0.2) is 52.9 Å². The van der Waals surface area contributed by atoms with Gasteiger partial charge in [-0.2, -0.15) is 4.98 Å². The first-order chi connectivity index (χ1) is 22.9. The summed E-state index contributed by atoms with van der Waals surface area (Å²) in [5.41, 5.74) is 3.63. The number of aryl methyl sites for hydroxylation is 1. The molecular formula is C35H39N7O5. The van der Waals surface area contributed by atoms with Crippen molar-refractivity contribution in [3.63, 3.8) is 0 Å². The van der Waals surface area contributed by atoms with E-state index in [9.17, 15) is 14.7 Å². The number of piperidine rings is 1. The summed E-state index contributed by atoms with van der Waals surface area (Å²) in [6.07, 6.45) is 3.81. The highest BCUT2D eigenvalue weighted by Gasteiger charge is 2.42. The molecule has 7 heterocycles. The standard InChI is InChI=1S/C35H39N7O5/c1-21-19-40-17-15-25(21)42-26-12-7-6-11-24(26)36-34(42)46-22-18-27(33(43)44)41(20-22)32-31-30(23-10-5-8-13-28(23)47-31)37-29(38-32)14-4-3-9-16-39(2)35(40)45/h5-8,10-13,21-22,25,27H,3-4,9,14-20H2,1-2H3,(H,43,44)/t21-,22-,25-,27-/m0/s1. The fraction of sp³-hybridized carbons (Fsp3) is 0.457. The highest BCUT2D eigenvalue weighted by atomic mass is 16.5. The molecule has 12 nitrogen and oxygen atoms in total. The van der Waals surface area contributed by atoms with Crippen molar-refractivity contribution in [1.82, 2.24) is 29.3 Å². The molecule has 12 heteroatoms. The topological polar surface area (TPSA) is 130 Å². The molecule has 0 spiro atoms. The van der Waals surface area contributed by atoms with Crippen molar-refractivity contribution in [2.45, 2.75) is 63.6 Å². The third kappa shape index (κ3) is 5.19. The number of anilines is 1. The zero-order valence-electron chi connectivity index (χ0n) is 26.7. The van der Waals surface area contributed by atoms with Gasteiger partial charge in [0, 0.05) is 51.0 Å². The molecule has 2 amide bonds. The summed E-state index contributed by atoms with van der Waals surface area (Å²) >= 11 is 0. The predicted octanol–water partition coefficient (Wildman–Crippen LogP) is 5.50. The number of hydrogen-bond donors (Lipinski definition) is 1. The number of ether oxygens (including phenoxy) is 1. The second-order valence-electron chi connectivity index (χ2n) is 13.3. The van der Waals surface area contributed by atoms with Crippen LogP contribution in [0, 0.1) is 5.92 Å². The average Bonchev–Trinajstić information content (AvgIpc) is 3.77. The summed E-state index contributed by atoms with van der Waals surface area (Å²) in [6, 6.07) is 15.4. The minimum atomic E-state index is -0.942. The Labute approximate surface area is 271 Å². The van der Waals surface area contributed by atoms with Gasteiger partial charge in [-0.3, -0.25) is 4.57 Å². The third-order valence-electron chi connectivity index (χ3n) is 10.1. The maximum absolute atomic E-state index is 13.5. The molecule has 244 valence electrons. The molecule has 0 radical (unpaired) electrons. The Bertz CT molecular complexity index is 1990. The van der Waals surface area contributed by atoms with Crippen molar-refractivity contribution in [2.75, 3.05) is 38.1 Å². The number of furan rings is 1. The van der Waals surface area contributed by atoms with Crippen molar-refractivity contribution >= 4 is 50.9 Å². The number of rotatable bonds is 1. The number of fused-ring (bicyclic) bond motifs is 12. The van der Waals surface area contributed by atoms with Crippen LogP contribution in [-0.4, -0.2) is 91.8 Å². The fourth-order valence-corrected chi connectivity index (χ4v) is 7.69. The van der Waals surface area contributed by atoms with Crippen LogP contribution in [0.2, 0.25) is 0 Å². The number of carbonyl (C=O) groups excluding carboxylic acids is 1. The van der Waals surface area contributed by atoms with Crippen molar-refractivity contribution in [2.24, 2.45) is 5.92 Å². The van der Waals surface area contributed by atoms with Crippen LogP contribution >= 0.6 is 0 Å². The van der Waals surface area contributed by atoms with Gasteiger partial charge in [0.1, 0.15) is 29.1 Å². The second-order valence-corrected chi connectivity index (χ2v) is 13.3. The van der Waals surface area contributed by atoms with Crippen molar-refractivity contribution in [3.05, 3.63) is 54.4 Å². The second kappa shape index (κ2) is 11.7. The minimum absolute atomic E-state index is 0.0599. The summed E-state index contributed by atoms with van der Waals surface area (Å²) in [5.74, 6) is 0.334. The highest BCUT2D eigenvalue weighted by Crippen LogP contribution is 2.39. The molecule has 0 saturated carbocycles. The number of benzene rings is 2. The molecule has 2 fully saturated rings. The number of para-hydroxylation sites is 3. The lowest BCUT2D eigenvalue weighted by Gasteiger charge is -2.39. The van der Waals surface area contributed by atoms with Crippen molar-refractivity contribution < 1.29 is 23.8 Å². The van der Waals surface area contributed by atoms with Gasteiger partial charge < -0.3 is 29.0 Å². The molecule has 1 N–H and O–H groups in total. The molecule has 0 unspecified atom stereocenters. The molecule has 0 aliphatic carbocycles. The number of carboxylic acid groups (broad SMARTS) is 1. The molecule has 47 heavy (non-hydrogen) atoms. The number of amides is 2. The Morgan fingerprint density at radius 1 is 0.979 bits per heavy atom. The van der Waals surface area contributed by atoms with Gasteiger partial charge in [0.2, 0.25) is 0 Å². The molecule has 2 saturated heterocycles. The van der Waals surface area contributed by atoms with Crippen LogP contribution in [0.3, 0.4) is 0 Å². The first-order valence-electron chi connectivity index (χ1n) is 16.7. The van der Waals surface area contributed by atoms with Gasteiger partial charge in [-0.05, 0) is 49.4 Å². The Kier molecular flexibility index (Phi) is 7.37. The summed E-state index contributed by atoms with van der Waals surface area (Å²) in [6.45, 7) is 4.43. The number of aliphatic carboxylic acids is 1. The summed E-state index contributed by atoms with van der Waals surface area (Å²) in [5, 5.41) is 11.3. The summed E-state index contributed by atoms with van der Waals surface area (Å²) in [7, 11) is 1.89. The van der Waals surface area contributed by atoms with E-state index in [0.717, 1.165) is 42.1 Å². The average molecular weight is 638 g/mol. The number of urea groups is 1. The third-order valence-corrected chi connectivity index (χ3v) is 10.1. The molecule has 3 aromatic heterocycles. The smallest absolute Gasteiger partial charge is 0.326 e. The largest absolute Gasteiger partial charge is 0.480 e. The normalized spacial score (nSPS) is 24.2. The molecule has 4 atom stereocenters. The Morgan fingerprint density at radius 3 is 2.66 bits per heavy atom. The first kappa shape index (κ1) is 29.5. The number of hydrogen-bond acceptors (Lipinski definition) is 8. The van der Waals surface area contributed by atoms with E-state index in [1.807, 2.05) is 70.3 Å². The van der Waals surface area contributed by atoms with Crippen LogP contribution < -0.4 is 9.64 Å². The van der Waals surface area contributed by atoms with Gasteiger partial charge in [-0.15, -0.1) is 0 Å². The van der Waals surface area contributed by atoms with E-state index in [4.69, 9.17) is 24.1 Å². The van der Waals surface area contributed by atoms with E-state index in [0.29, 0.717) is 66.9 Å². The van der Waals surface area contributed by atoms with Gasteiger partial charge in [-0.1, -0.05) is 37.6 Å². The predicted molar refractivity (Wildman–Crippen MR) is 177 cm³/mol. The fourth-order valence-electron chi connectivity index (χ4n) is 7.69. The number of aromatic nitrogens is 4. The zero-order valence-corrected chi connectivity index (χ0v) is 26.7. The van der Waals surface area contributed by atoms with Crippen LogP contribution in [0.4, 0.5) is 10.6 Å². The van der Waals surface area contributed by atoms with E-state index >= 15 is 0 Å². The van der Waals surface area contributed by atoms with Gasteiger partial charge in [0.25, 0.3) is 6.01 Å². The van der Waals surface area contributed by atoms with Crippen LogP contribution in [0.5, 0.6) is 6.01 Å². The quantitative estimate of drug-likeness (QED) is 0.253. The monoisotopic (exact) mass is 637 g/mol. The van der Waals surface area contributed by atoms with E-state index in [1.54, 1.807) is 0 Å². The van der Waals surface area contributed by atoms with Gasteiger partial charge in [0.05, 0.1) is 17.6 Å². The number of carbonyl (C=O) groups is 2. The number of carboxylic acids is 1. The van der Waals surface area contributed by atoms with E-state index < -0.39 is 18.1 Å². The Balaban J connectivity index is 1.23. The number of imidazole rings is 1. The molecule has 2 aromatic carbocycles. The lowest BCUT2D eigenvalue weighted by molar-refractivity contribution is -0.138. The molecule has 6 bridgehead atoms. The maximum atomic E-state index is 13.5. The molecule has 4 aliphatic heterocycles. The zero-order chi connectivity index (χ0) is 32.2. The SMILES string of the molecule is C[C@H]1CN2CC[C@@H]1n1c(nc3ccccc31)O[C@H]1C[C@@H](C(=O)O)N(C1)c1nc(nc3c1oc1ccccc13)CCCCCN(C)C2=O. The lowest BCUT2D eigenvalue weighted by atomic mass is 9.93. The van der Waals surface area contributed by atoms with E-state index in [1.165, 1.54) is 0 Å². The molecule has 9 rings (SSSR count). The van der Waals surface area contributed by atoms with Crippen LogP contribution in [0.25, 0.3) is 33.1 Å². The first-order valence-corrected chi connectivity index (χ1v) is 16.7. The van der Waals surface area contributed by atoms with Gasteiger partial charge in [-0.25, -0.2) is 19.6 Å². The van der Waals surface area contributed by atoms with Crippen LogP contribution in [-0.2, 0) is 11.2 Å². The maximum Gasteiger partial charge on any atom is 0.326 e. The summed E-state index contributed by atoms with van der Waals surface area (Å²) < 4.78 is 15.2. The molecular weight excluding hydrogens is 598 g/mol. The Morgan fingerprint density at radius 2 is 1.81 bits per heavy atom. The minimum Gasteiger partial charge on any atom is -0.480 e. The highest BCUT2D eigenvalue weighted by molar-refractivity contribution is 6.06. The van der Waals surface area contributed by atoms with Crippen molar-refractivity contribution in [1.29, 1.82) is 0 Å². The molecule has 5 aromatic rings. The Hall–Kier alpha value is -4.87. The van der Waals surface area contributed by atoms with Crippen molar-refractivity contribution in [3.8, 4) is 6.01 Å². The van der Waals surface area contributed by atoms with Crippen LogP contribution in [0.1, 0.15) is 50.9 Å². The van der Waals surface area contributed by atoms with E-state index in [-0.39, 0.29) is 24.4 Å². The van der Waals surface area contributed by atoms with Gasteiger partial charge in [0.15, 0.2) is 11.4 Å².